The van der Waals surface area contributed by atoms with Crippen molar-refractivity contribution in [3.63, 3.8) is 0 Å². The molecule has 8 heteroatoms. The van der Waals surface area contributed by atoms with Crippen molar-refractivity contribution in [1.29, 1.82) is 0 Å². The van der Waals surface area contributed by atoms with Crippen molar-refractivity contribution in [2.24, 2.45) is 0 Å². The molecule has 1 heterocycles. The highest BCUT2D eigenvalue weighted by molar-refractivity contribution is 7.89. The molecule has 0 spiro atoms. The second kappa shape index (κ2) is 11.3. The Labute approximate surface area is 180 Å². The molecule has 0 aromatic heterocycles. The van der Waals surface area contributed by atoms with Gasteiger partial charge in [-0.05, 0) is 57.4 Å². The van der Waals surface area contributed by atoms with E-state index >= 15 is 0 Å². The summed E-state index contributed by atoms with van der Waals surface area (Å²) >= 11 is 0. The van der Waals surface area contributed by atoms with Gasteiger partial charge in [0.2, 0.25) is 21.8 Å². The second-order valence-electron chi connectivity index (χ2n) is 7.80. The molecule has 7 nitrogen and oxygen atoms in total. The summed E-state index contributed by atoms with van der Waals surface area (Å²) in [4.78, 5) is 26.0. The standard InChI is InChI=1S/C22H33N3O4S/c1-4-24(17-21(26)23-18(2)3)22(27)14-11-19-9-12-20(13-10-19)30(28,29)25-15-7-5-6-8-16-25/h9-14,18H,4-8,15-17H2,1-3H3,(H,23,26)/b14-11+. The van der Waals surface area contributed by atoms with Gasteiger partial charge in [0.15, 0.2) is 0 Å². The van der Waals surface area contributed by atoms with Gasteiger partial charge in [-0.15, -0.1) is 0 Å². The molecule has 1 aliphatic rings. The van der Waals surface area contributed by atoms with Crippen molar-refractivity contribution in [2.75, 3.05) is 26.2 Å². The van der Waals surface area contributed by atoms with Crippen LogP contribution in [-0.4, -0.2) is 61.7 Å². The maximum Gasteiger partial charge on any atom is 0.247 e. The van der Waals surface area contributed by atoms with Crippen LogP contribution in [0.15, 0.2) is 35.2 Å². The third kappa shape index (κ3) is 6.95. The van der Waals surface area contributed by atoms with Gasteiger partial charge in [0.25, 0.3) is 0 Å². The molecule has 166 valence electrons. The van der Waals surface area contributed by atoms with E-state index in [1.165, 1.54) is 11.0 Å². The molecule has 1 fully saturated rings. The van der Waals surface area contributed by atoms with Crippen LogP contribution in [0.2, 0.25) is 0 Å². The number of nitrogens with zero attached hydrogens (tertiary/aromatic N) is 2. The maximum absolute atomic E-state index is 12.8. The fraction of sp³-hybridized carbons (Fsp3) is 0.545. The van der Waals surface area contributed by atoms with Gasteiger partial charge in [-0.25, -0.2) is 8.42 Å². The molecule has 0 saturated carbocycles. The van der Waals surface area contributed by atoms with Crippen LogP contribution in [0.5, 0.6) is 0 Å². The summed E-state index contributed by atoms with van der Waals surface area (Å²) in [6, 6.07) is 6.56. The highest BCUT2D eigenvalue weighted by Crippen LogP contribution is 2.21. The number of rotatable bonds is 8. The molecule has 1 aliphatic heterocycles. The first-order valence-electron chi connectivity index (χ1n) is 10.6. The van der Waals surface area contributed by atoms with Crippen LogP contribution in [0.4, 0.5) is 0 Å². The van der Waals surface area contributed by atoms with Crippen molar-refractivity contribution in [3.05, 3.63) is 35.9 Å². The lowest BCUT2D eigenvalue weighted by molar-refractivity contribution is -0.132. The molecule has 0 unspecified atom stereocenters. The molecule has 1 aromatic rings. The zero-order valence-electron chi connectivity index (χ0n) is 18.1. The van der Waals surface area contributed by atoms with E-state index in [-0.39, 0.29) is 29.3 Å². The normalized spacial score (nSPS) is 15.9. The van der Waals surface area contributed by atoms with Crippen LogP contribution >= 0.6 is 0 Å². The highest BCUT2D eigenvalue weighted by Gasteiger charge is 2.24. The first kappa shape index (κ1) is 24.1. The summed E-state index contributed by atoms with van der Waals surface area (Å²) in [5.74, 6) is -0.464. The van der Waals surface area contributed by atoms with Gasteiger partial charge in [-0.3, -0.25) is 9.59 Å². The van der Waals surface area contributed by atoms with Gasteiger partial charge in [0.05, 0.1) is 11.4 Å². The van der Waals surface area contributed by atoms with Gasteiger partial charge >= 0.3 is 0 Å². The van der Waals surface area contributed by atoms with Crippen LogP contribution in [0.3, 0.4) is 0 Å². The van der Waals surface area contributed by atoms with Crippen LogP contribution < -0.4 is 5.32 Å². The van der Waals surface area contributed by atoms with Gasteiger partial charge in [-0.1, -0.05) is 25.0 Å². The Kier molecular flexibility index (Phi) is 9.05. The minimum Gasteiger partial charge on any atom is -0.352 e. The van der Waals surface area contributed by atoms with Crippen LogP contribution in [0.25, 0.3) is 6.08 Å². The molecular weight excluding hydrogens is 402 g/mol. The molecule has 1 N–H and O–H groups in total. The predicted molar refractivity (Wildman–Crippen MR) is 118 cm³/mol. The Morgan fingerprint density at radius 3 is 2.23 bits per heavy atom. The number of nitrogens with one attached hydrogen (secondary N) is 1. The lowest BCUT2D eigenvalue weighted by Crippen LogP contribution is -2.42. The average molecular weight is 436 g/mol. The lowest BCUT2D eigenvalue weighted by atomic mass is 10.2. The molecule has 2 amide bonds. The molecule has 30 heavy (non-hydrogen) atoms. The minimum absolute atomic E-state index is 0.00483. The van der Waals surface area contributed by atoms with Crippen LogP contribution in [0.1, 0.15) is 52.0 Å². The monoisotopic (exact) mass is 435 g/mol. The summed E-state index contributed by atoms with van der Waals surface area (Å²) in [7, 11) is -3.48. The first-order chi connectivity index (χ1) is 14.2. The number of likely N-dealkylation sites (N-methyl/N-ethyl adjacent to an activating group) is 1. The SMILES string of the molecule is CCN(CC(=O)NC(C)C)C(=O)/C=C/c1ccc(S(=O)(=O)N2CCCCCC2)cc1. The fourth-order valence-electron chi connectivity index (χ4n) is 3.34. The highest BCUT2D eigenvalue weighted by atomic mass is 32.2. The summed E-state index contributed by atoms with van der Waals surface area (Å²) in [5.41, 5.74) is 0.723. The molecule has 1 aromatic carbocycles. The smallest absolute Gasteiger partial charge is 0.247 e. The zero-order valence-corrected chi connectivity index (χ0v) is 19.0. The van der Waals surface area contributed by atoms with Crippen molar-refractivity contribution in [1.82, 2.24) is 14.5 Å². The second-order valence-corrected chi connectivity index (χ2v) is 9.73. The number of carbonyl (C=O) groups excluding carboxylic acids is 2. The summed E-state index contributed by atoms with van der Waals surface area (Å²) < 4.78 is 27.2. The summed E-state index contributed by atoms with van der Waals surface area (Å²) in [6.07, 6.45) is 6.96. The van der Waals surface area contributed by atoms with Gasteiger partial charge in [0, 0.05) is 31.8 Å². The van der Waals surface area contributed by atoms with Gasteiger partial charge < -0.3 is 10.2 Å². The molecule has 0 radical (unpaired) electrons. The maximum atomic E-state index is 12.8. The molecule has 0 bridgehead atoms. The largest absolute Gasteiger partial charge is 0.352 e. The van der Waals surface area contributed by atoms with Gasteiger partial charge in [-0.2, -0.15) is 4.31 Å². The van der Waals surface area contributed by atoms with Gasteiger partial charge in [0.1, 0.15) is 0 Å². The zero-order chi connectivity index (χ0) is 22.1. The van der Waals surface area contributed by atoms with E-state index in [0.29, 0.717) is 19.6 Å². The van der Waals surface area contributed by atoms with E-state index in [1.54, 1.807) is 34.6 Å². The molecular formula is C22H33N3O4S. The summed E-state index contributed by atoms with van der Waals surface area (Å²) in [5, 5.41) is 2.77. The van der Waals surface area contributed by atoms with Crippen molar-refractivity contribution in [2.45, 2.75) is 57.4 Å². The van der Waals surface area contributed by atoms with Crippen molar-refractivity contribution >= 4 is 27.9 Å². The van der Waals surface area contributed by atoms with E-state index in [9.17, 15) is 18.0 Å². The average Bonchev–Trinajstić information content (AvgIpc) is 3.00. The number of hydrogen-bond donors (Lipinski definition) is 1. The molecule has 1 saturated heterocycles. The van der Waals surface area contributed by atoms with Crippen LogP contribution in [-0.2, 0) is 19.6 Å². The Balaban J connectivity index is 2.02. The predicted octanol–water partition coefficient (Wildman–Crippen LogP) is 2.64. The Hall–Kier alpha value is -2.19. The quantitative estimate of drug-likeness (QED) is 0.636. The molecule has 2 rings (SSSR count). The Bertz CT molecular complexity index is 840. The lowest BCUT2D eigenvalue weighted by Gasteiger charge is -2.20. The first-order valence-corrected chi connectivity index (χ1v) is 12.0. The topological polar surface area (TPSA) is 86.8 Å². The number of sulfonamides is 1. The van der Waals surface area contributed by atoms with Crippen molar-refractivity contribution < 1.29 is 18.0 Å². The van der Waals surface area contributed by atoms with E-state index in [2.05, 4.69) is 5.32 Å². The minimum atomic E-state index is -3.48. The van der Waals surface area contributed by atoms with Crippen molar-refractivity contribution in [3.8, 4) is 0 Å². The number of carbonyl (C=O) groups is 2. The number of benzene rings is 1. The third-order valence-corrected chi connectivity index (χ3v) is 6.89. The molecule has 0 aliphatic carbocycles. The third-order valence-electron chi connectivity index (χ3n) is 4.98. The molecule has 0 atom stereocenters. The summed E-state index contributed by atoms with van der Waals surface area (Å²) in [6.45, 7) is 7.11. The van der Waals surface area contributed by atoms with Crippen LogP contribution in [0, 0.1) is 0 Å². The Morgan fingerprint density at radius 2 is 1.70 bits per heavy atom. The van der Waals surface area contributed by atoms with E-state index in [4.69, 9.17) is 0 Å². The fourth-order valence-corrected chi connectivity index (χ4v) is 4.86. The van der Waals surface area contributed by atoms with E-state index in [1.807, 2.05) is 20.8 Å². The van der Waals surface area contributed by atoms with E-state index in [0.717, 1.165) is 31.2 Å². The number of amides is 2. The number of hydrogen-bond acceptors (Lipinski definition) is 4. The Morgan fingerprint density at radius 1 is 1.10 bits per heavy atom. The van der Waals surface area contributed by atoms with E-state index < -0.39 is 10.0 Å².